The van der Waals surface area contributed by atoms with Crippen molar-refractivity contribution in [2.45, 2.75) is 38.8 Å². The first-order valence-corrected chi connectivity index (χ1v) is 13.1. The highest BCUT2D eigenvalue weighted by molar-refractivity contribution is 5.83. The zero-order valence-electron chi connectivity index (χ0n) is 22.8. The van der Waals surface area contributed by atoms with E-state index >= 15 is 0 Å². The zero-order chi connectivity index (χ0) is 29.1. The molecular formula is C29H30F3N5O4. The molecule has 4 aromatic rings. The molecule has 216 valence electrons. The lowest BCUT2D eigenvalue weighted by Gasteiger charge is -2.34. The minimum atomic E-state index is -4.75. The number of morpholine rings is 1. The maximum Gasteiger partial charge on any atom is 0.573 e. The van der Waals surface area contributed by atoms with Crippen LogP contribution in [-0.2, 0) is 23.0 Å². The summed E-state index contributed by atoms with van der Waals surface area (Å²) in [6, 6.07) is 14.3. The van der Waals surface area contributed by atoms with Crippen molar-refractivity contribution >= 4 is 28.5 Å². The zero-order valence-corrected chi connectivity index (χ0v) is 22.8. The van der Waals surface area contributed by atoms with Gasteiger partial charge in [0.05, 0.1) is 41.9 Å². The lowest BCUT2D eigenvalue weighted by Crippen LogP contribution is -2.47. The van der Waals surface area contributed by atoms with Gasteiger partial charge in [-0.3, -0.25) is 14.7 Å². The Hall–Kier alpha value is -4.16. The maximum atomic E-state index is 12.7. The number of aromatic nitrogens is 3. The van der Waals surface area contributed by atoms with Gasteiger partial charge in [-0.05, 0) is 56.3 Å². The molecule has 5 rings (SSSR count). The number of aryl methyl sites for hydroxylation is 1. The Morgan fingerprint density at radius 3 is 2.41 bits per heavy atom. The van der Waals surface area contributed by atoms with Crippen LogP contribution in [0.5, 0.6) is 17.2 Å². The Balaban J connectivity index is 1.23. The summed E-state index contributed by atoms with van der Waals surface area (Å²) in [6.45, 7) is 5.82. The van der Waals surface area contributed by atoms with Crippen LogP contribution in [0.3, 0.4) is 0 Å². The highest BCUT2D eigenvalue weighted by Gasteiger charge is 2.31. The molecule has 2 atom stereocenters. The van der Waals surface area contributed by atoms with Crippen molar-refractivity contribution in [3.05, 3.63) is 66.5 Å². The van der Waals surface area contributed by atoms with Gasteiger partial charge in [0, 0.05) is 44.2 Å². The number of imidazole rings is 1. The number of pyridine rings is 1. The van der Waals surface area contributed by atoms with E-state index < -0.39 is 6.36 Å². The summed E-state index contributed by atoms with van der Waals surface area (Å²) in [5.74, 6) is 1.37. The summed E-state index contributed by atoms with van der Waals surface area (Å²) in [5.41, 5.74) is 2.65. The van der Waals surface area contributed by atoms with Crippen LogP contribution in [0.25, 0.3) is 11.0 Å². The first-order valence-electron chi connectivity index (χ1n) is 13.1. The van der Waals surface area contributed by atoms with Crippen LogP contribution in [0.2, 0.25) is 0 Å². The first kappa shape index (κ1) is 28.4. The Morgan fingerprint density at radius 2 is 1.71 bits per heavy atom. The second-order valence-corrected chi connectivity index (χ2v) is 10.1. The summed E-state index contributed by atoms with van der Waals surface area (Å²) in [7, 11) is 1.82. The highest BCUT2D eigenvalue weighted by Crippen LogP contribution is 2.29. The molecule has 0 radical (unpaired) electrons. The molecule has 1 N–H and O–H groups in total. The van der Waals surface area contributed by atoms with Gasteiger partial charge >= 0.3 is 6.36 Å². The molecule has 1 fully saturated rings. The molecule has 2 aromatic carbocycles. The van der Waals surface area contributed by atoms with E-state index in [1.807, 2.05) is 37.6 Å². The Morgan fingerprint density at radius 1 is 1.02 bits per heavy atom. The normalized spacial score (nSPS) is 17.9. The smallest absolute Gasteiger partial charge is 0.457 e. The number of alkyl halides is 3. The Labute approximate surface area is 234 Å². The molecule has 9 nitrogen and oxygen atoms in total. The summed E-state index contributed by atoms with van der Waals surface area (Å²) < 4.78 is 54.8. The van der Waals surface area contributed by atoms with Crippen LogP contribution in [-0.4, -0.2) is 63.4 Å². The molecule has 12 heteroatoms. The van der Waals surface area contributed by atoms with Crippen LogP contribution in [0.4, 0.5) is 24.8 Å². The number of carbonyl (C=O) groups is 1. The van der Waals surface area contributed by atoms with Crippen molar-refractivity contribution in [1.82, 2.24) is 19.4 Å². The second kappa shape index (κ2) is 11.8. The van der Waals surface area contributed by atoms with Crippen LogP contribution >= 0.6 is 0 Å². The number of rotatable bonds is 9. The number of nitrogens with one attached hydrogen (secondary N) is 1. The predicted molar refractivity (Wildman–Crippen MR) is 147 cm³/mol. The third kappa shape index (κ3) is 7.53. The molecule has 1 aliphatic rings. The number of Topliss-reactive ketones (excluding diaryl/α,β-unsaturated/α-hetero) is 1. The lowest BCUT2D eigenvalue weighted by molar-refractivity contribution is -0.274. The van der Waals surface area contributed by atoms with Crippen molar-refractivity contribution in [1.29, 1.82) is 0 Å². The molecular weight excluding hydrogens is 539 g/mol. The van der Waals surface area contributed by atoms with Gasteiger partial charge in [-0.15, -0.1) is 13.2 Å². The quantitative estimate of drug-likeness (QED) is 0.278. The van der Waals surface area contributed by atoms with E-state index in [4.69, 9.17) is 9.47 Å². The van der Waals surface area contributed by atoms with E-state index in [2.05, 4.69) is 24.9 Å². The number of benzene rings is 2. The third-order valence-electron chi connectivity index (χ3n) is 6.49. The molecule has 3 heterocycles. The average Bonchev–Trinajstić information content (AvgIpc) is 3.18. The molecule has 0 saturated carbocycles. The number of carbonyl (C=O) groups excluding carboxylic acids is 1. The van der Waals surface area contributed by atoms with Crippen LogP contribution in [0, 0.1) is 0 Å². The van der Waals surface area contributed by atoms with Gasteiger partial charge in [-0.1, -0.05) is 0 Å². The van der Waals surface area contributed by atoms with Gasteiger partial charge in [0.1, 0.15) is 17.2 Å². The number of halogens is 3. The molecule has 41 heavy (non-hydrogen) atoms. The minimum Gasteiger partial charge on any atom is -0.457 e. The molecule has 0 aliphatic carbocycles. The minimum absolute atomic E-state index is 0.0772. The summed E-state index contributed by atoms with van der Waals surface area (Å²) in [4.78, 5) is 23.8. The van der Waals surface area contributed by atoms with Gasteiger partial charge in [-0.25, -0.2) is 4.98 Å². The topological polar surface area (TPSA) is 90.7 Å². The fourth-order valence-corrected chi connectivity index (χ4v) is 4.90. The van der Waals surface area contributed by atoms with Crippen molar-refractivity contribution in [3.8, 4) is 17.2 Å². The monoisotopic (exact) mass is 569 g/mol. The van der Waals surface area contributed by atoms with Crippen molar-refractivity contribution in [2.24, 2.45) is 7.05 Å². The molecule has 0 amide bonds. The van der Waals surface area contributed by atoms with Crippen molar-refractivity contribution < 1.29 is 32.2 Å². The van der Waals surface area contributed by atoms with Gasteiger partial charge in [-0.2, -0.15) is 0 Å². The Kier molecular flexibility index (Phi) is 8.13. The number of hydrogen-bond donors (Lipinski definition) is 1. The summed E-state index contributed by atoms with van der Waals surface area (Å²) >= 11 is 0. The lowest BCUT2D eigenvalue weighted by atomic mass is 10.1. The van der Waals surface area contributed by atoms with Gasteiger partial charge < -0.3 is 24.1 Å². The first-order chi connectivity index (χ1) is 19.5. The second-order valence-electron chi connectivity index (χ2n) is 10.1. The fraction of sp³-hybridized carbons (Fsp3) is 0.345. The molecule has 2 aromatic heterocycles. The van der Waals surface area contributed by atoms with E-state index in [1.165, 1.54) is 24.3 Å². The largest absolute Gasteiger partial charge is 0.573 e. The van der Waals surface area contributed by atoms with E-state index in [9.17, 15) is 18.0 Å². The van der Waals surface area contributed by atoms with E-state index in [0.717, 1.165) is 18.6 Å². The molecule has 0 unspecified atom stereocenters. The van der Waals surface area contributed by atoms with E-state index in [-0.39, 0.29) is 30.2 Å². The van der Waals surface area contributed by atoms with Crippen molar-refractivity contribution in [2.75, 3.05) is 25.0 Å². The van der Waals surface area contributed by atoms with Crippen LogP contribution in [0.15, 0.2) is 60.8 Å². The average molecular weight is 570 g/mol. The van der Waals surface area contributed by atoms with Crippen LogP contribution in [0.1, 0.15) is 19.5 Å². The number of fused-ring (bicyclic) bond motifs is 1. The predicted octanol–water partition coefficient (Wildman–Crippen LogP) is 5.62. The number of ether oxygens (including phenoxy) is 3. The molecule has 0 bridgehead atoms. The fourth-order valence-electron chi connectivity index (χ4n) is 4.90. The molecule has 1 saturated heterocycles. The van der Waals surface area contributed by atoms with E-state index in [1.54, 1.807) is 24.4 Å². The SMILES string of the molecule is C[C@@H]1CN(CC(=O)Cc2cc(Oc3ccc4c(c3)nc(Nc3ccc(OC(F)(F)F)cc3)n4C)ccn2)C[C@H](C)O1. The van der Waals surface area contributed by atoms with Gasteiger partial charge in [0.15, 0.2) is 5.78 Å². The number of hydrogen-bond acceptors (Lipinski definition) is 8. The number of anilines is 2. The number of nitrogens with zero attached hydrogens (tertiary/aromatic N) is 4. The van der Waals surface area contributed by atoms with Gasteiger partial charge in [0.2, 0.25) is 5.95 Å². The molecule has 1 aliphatic heterocycles. The van der Waals surface area contributed by atoms with Crippen molar-refractivity contribution in [3.63, 3.8) is 0 Å². The van der Waals surface area contributed by atoms with Gasteiger partial charge in [0.25, 0.3) is 0 Å². The summed E-state index contributed by atoms with van der Waals surface area (Å²) in [6.07, 6.45) is -2.74. The van der Waals surface area contributed by atoms with E-state index in [0.29, 0.717) is 40.9 Å². The van der Waals surface area contributed by atoms with Crippen LogP contribution < -0.4 is 14.8 Å². The Bertz CT molecular complexity index is 1510. The highest BCUT2D eigenvalue weighted by atomic mass is 19.4. The standard InChI is InChI=1S/C29H30F3N5O4/c1-18-15-37(16-19(2)39-18)17-22(38)12-21-13-25(10-11-33-21)40-24-8-9-27-26(14-24)35-28(36(27)3)34-20-4-6-23(7-5-20)41-29(30,31)32/h4-11,13-14,18-19H,12,15-17H2,1-3H3,(H,34,35)/t18-,19+. The number of ketones is 1. The maximum absolute atomic E-state index is 12.7. The molecule has 0 spiro atoms. The summed E-state index contributed by atoms with van der Waals surface area (Å²) in [5, 5.41) is 3.10. The third-order valence-corrected chi connectivity index (χ3v) is 6.49.